The first-order valence-electron chi connectivity index (χ1n) is 2.60. The third-order valence-electron chi connectivity index (χ3n) is 0.817. The van der Waals surface area contributed by atoms with Crippen molar-refractivity contribution in [3.05, 3.63) is 11.6 Å². The highest BCUT2D eigenvalue weighted by Crippen LogP contribution is 2.00. The van der Waals surface area contributed by atoms with E-state index in [0.717, 1.165) is 0 Å². The minimum absolute atomic E-state index is 0.207. The maximum atomic E-state index is 10.1. The number of hydrogen-bond acceptors (Lipinski definition) is 1. The second kappa shape index (κ2) is 3.51. The Balaban J connectivity index is 4.00. The Kier molecular flexibility index (Phi) is 3.32. The summed E-state index contributed by atoms with van der Waals surface area (Å²) in [6.07, 6.45) is 1.49. The second-order valence-electron chi connectivity index (χ2n) is 1.83. The predicted octanol–water partition coefficient (Wildman–Crippen LogP) is 1.64. The number of alkyl halides is 1. The summed E-state index contributed by atoms with van der Waals surface area (Å²) in [5.74, 6) is -0.914. The van der Waals surface area contributed by atoms with Gasteiger partial charge in [-0.2, -0.15) is 0 Å². The van der Waals surface area contributed by atoms with Crippen molar-refractivity contribution in [2.24, 2.45) is 0 Å². The van der Waals surface area contributed by atoms with Crippen molar-refractivity contribution in [3.8, 4) is 0 Å². The molecule has 0 amide bonds. The van der Waals surface area contributed by atoms with Crippen LogP contribution in [0.4, 0.5) is 0 Å². The van der Waals surface area contributed by atoms with Crippen molar-refractivity contribution < 1.29 is 9.90 Å². The van der Waals surface area contributed by atoms with E-state index < -0.39 is 5.97 Å². The van der Waals surface area contributed by atoms with Gasteiger partial charge in [-0.15, -0.1) is 11.6 Å². The van der Waals surface area contributed by atoms with E-state index in [1.165, 1.54) is 13.0 Å². The topological polar surface area (TPSA) is 37.3 Å². The van der Waals surface area contributed by atoms with Crippen LogP contribution in [0.15, 0.2) is 11.6 Å². The highest BCUT2D eigenvalue weighted by Gasteiger charge is 1.99. The fraction of sp³-hybridized carbons (Fsp3) is 0.500. The number of halogens is 1. The molecule has 3 heteroatoms. The molecule has 0 fully saturated rings. The summed E-state index contributed by atoms with van der Waals surface area (Å²) in [7, 11) is 0. The van der Waals surface area contributed by atoms with Gasteiger partial charge in [-0.3, -0.25) is 0 Å². The maximum Gasteiger partial charge on any atom is 0.330 e. The van der Waals surface area contributed by atoms with Crippen LogP contribution in [0.3, 0.4) is 0 Å². The summed E-state index contributed by atoms with van der Waals surface area (Å²) in [4.78, 5) is 10.1. The van der Waals surface area contributed by atoms with Gasteiger partial charge in [0.15, 0.2) is 0 Å². The molecule has 1 N–H and O–H groups in total. The van der Waals surface area contributed by atoms with E-state index in [4.69, 9.17) is 16.7 Å². The quantitative estimate of drug-likeness (QED) is 0.478. The number of aliphatic carboxylic acids is 1. The average molecular weight is 149 g/mol. The van der Waals surface area contributed by atoms with Crippen LogP contribution in [0.1, 0.15) is 13.8 Å². The fourth-order valence-corrected chi connectivity index (χ4v) is 0.605. The lowest BCUT2D eigenvalue weighted by Crippen LogP contribution is -1.98. The first-order chi connectivity index (χ1) is 4.04. The number of carboxylic acids is 1. The van der Waals surface area contributed by atoms with Crippen LogP contribution in [0.5, 0.6) is 0 Å². The second-order valence-corrected chi connectivity index (χ2v) is 2.52. The van der Waals surface area contributed by atoms with Crippen molar-refractivity contribution in [1.82, 2.24) is 0 Å². The molecule has 52 valence electrons. The Morgan fingerprint density at radius 3 is 2.33 bits per heavy atom. The van der Waals surface area contributed by atoms with E-state index in [-0.39, 0.29) is 11.0 Å². The van der Waals surface area contributed by atoms with E-state index in [1.54, 1.807) is 6.92 Å². The number of carboxylic acid groups (broad SMARTS) is 1. The molecule has 0 aliphatic rings. The Hall–Kier alpha value is -0.500. The molecule has 0 rings (SSSR count). The molecule has 0 saturated carbocycles. The summed E-state index contributed by atoms with van der Waals surface area (Å²) in [5.41, 5.74) is 0.289. The zero-order valence-electron chi connectivity index (χ0n) is 5.39. The number of carbonyl (C=O) groups is 1. The van der Waals surface area contributed by atoms with Gasteiger partial charge in [0.1, 0.15) is 0 Å². The van der Waals surface area contributed by atoms with Gasteiger partial charge in [-0.1, -0.05) is 6.08 Å². The largest absolute Gasteiger partial charge is 0.478 e. The SMILES string of the molecule is CC(=CC(C)Cl)C(=O)O. The molecule has 2 nitrogen and oxygen atoms in total. The van der Waals surface area contributed by atoms with E-state index in [1.807, 2.05) is 0 Å². The summed E-state index contributed by atoms with van der Waals surface area (Å²) in [6.45, 7) is 3.23. The lowest BCUT2D eigenvalue weighted by Gasteiger charge is -1.93. The van der Waals surface area contributed by atoms with E-state index in [2.05, 4.69) is 0 Å². The summed E-state index contributed by atoms with van der Waals surface area (Å²) in [6, 6.07) is 0. The fourth-order valence-electron chi connectivity index (χ4n) is 0.416. The van der Waals surface area contributed by atoms with Gasteiger partial charge in [0.05, 0.1) is 0 Å². The van der Waals surface area contributed by atoms with Crippen molar-refractivity contribution in [3.63, 3.8) is 0 Å². The highest BCUT2D eigenvalue weighted by molar-refractivity contribution is 6.21. The zero-order valence-corrected chi connectivity index (χ0v) is 6.14. The first kappa shape index (κ1) is 8.50. The maximum absolute atomic E-state index is 10.1. The third kappa shape index (κ3) is 4.03. The van der Waals surface area contributed by atoms with Crippen molar-refractivity contribution in [1.29, 1.82) is 0 Å². The minimum atomic E-state index is -0.914. The van der Waals surface area contributed by atoms with Gasteiger partial charge in [0.2, 0.25) is 0 Å². The van der Waals surface area contributed by atoms with Gasteiger partial charge in [0.25, 0.3) is 0 Å². The summed E-state index contributed by atoms with van der Waals surface area (Å²) < 4.78 is 0. The summed E-state index contributed by atoms with van der Waals surface area (Å²) >= 11 is 5.48. The molecule has 0 aromatic heterocycles. The number of allylic oxidation sites excluding steroid dienone is 1. The van der Waals surface area contributed by atoms with Gasteiger partial charge in [0, 0.05) is 11.0 Å². The Bertz CT molecular complexity index is 138. The van der Waals surface area contributed by atoms with Crippen molar-refractivity contribution in [2.45, 2.75) is 19.2 Å². The molecule has 0 saturated heterocycles. The molecule has 0 aliphatic carbocycles. The monoisotopic (exact) mass is 148 g/mol. The zero-order chi connectivity index (χ0) is 7.44. The standard InChI is InChI=1S/C6H9ClO2/c1-4(6(8)9)3-5(2)7/h3,5H,1-2H3,(H,8,9). The molecule has 0 spiro atoms. The summed E-state index contributed by atoms with van der Waals surface area (Å²) in [5, 5.41) is 8.10. The number of hydrogen-bond donors (Lipinski definition) is 1. The highest BCUT2D eigenvalue weighted by atomic mass is 35.5. The van der Waals surface area contributed by atoms with Gasteiger partial charge < -0.3 is 5.11 Å². The molecule has 0 radical (unpaired) electrons. The van der Waals surface area contributed by atoms with E-state index >= 15 is 0 Å². The number of rotatable bonds is 2. The smallest absolute Gasteiger partial charge is 0.330 e. The van der Waals surface area contributed by atoms with Crippen molar-refractivity contribution >= 4 is 17.6 Å². The molecule has 1 atom stereocenters. The van der Waals surface area contributed by atoms with Crippen LogP contribution < -0.4 is 0 Å². The Morgan fingerprint density at radius 2 is 2.22 bits per heavy atom. The molecular weight excluding hydrogens is 140 g/mol. The van der Waals surface area contributed by atoms with Crippen LogP contribution in [-0.4, -0.2) is 16.5 Å². The molecule has 1 unspecified atom stereocenters. The molecule has 9 heavy (non-hydrogen) atoms. The van der Waals surface area contributed by atoms with Gasteiger partial charge in [-0.05, 0) is 13.8 Å². The molecule has 0 bridgehead atoms. The van der Waals surface area contributed by atoms with Crippen LogP contribution in [0.2, 0.25) is 0 Å². The lowest BCUT2D eigenvalue weighted by atomic mass is 10.2. The molecule has 0 aliphatic heterocycles. The van der Waals surface area contributed by atoms with Crippen LogP contribution in [0, 0.1) is 0 Å². The molecular formula is C6H9ClO2. The molecule has 0 heterocycles. The van der Waals surface area contributed by atoms with Crippen molar-refractivity contribution in [2.75, 3.05) is 0 Å². The average Bonchev–Trinajstić information content (AvgIpc) is 1.63. The molecule has 0 aromatic rings. The van der Waals surface area contributed by atoms with Gasteiger partial charge in [-0.25, -0.2) is 4.79 Å². The van der Waals surface area contributed by atoms with E-state index in [0.29, 0.717) is 0 Å². The van der Waals surface area contributed by atoms with E-state index in [9.17, 15) is 4.79 Å². The third-order valence-corrected chi connectivity index (χ3v) is 0.943. The Morgan fingerprint density at radius 1 is 1.78 bits per heavy atom. The van der Waals surface area contributed by atoms with Crippen LogP contribution in [0.25, 0.3) is 0 Å². The van der Waals surface area contributed by atoms with Crippen LogP contribution >= 0.6 is 11.6 Å². The van der Waals surface area contributed by atoms with Gasteiger partial charge >= 0.3 is 5.97 Å². The minimum Gasteiger partial charge on any atom is -0.478 e. The first-order valence-corrected chi connectivity index (χ1v) is 3.03. The molecule has 0 aromatic carbocycles. The normalized spacial score (nSPS) is 15.2. The Labute approximate surface area is 59.1 Å². The lowest BCUT2D eigenvalue weighted by molar-refractivity contribution is -0.132. The predicted molar refractivity (Wildman–Crippen MR) is 36.7 cm³/mol. The van der Waals surface area contributed by atoms with Crippen LogP contribution in [-0.2, 0) is 4.79 Å².